The van der Waals surface area contributed by atoms with E-state index in [0.29, 0.717) is 30.4 Å². The number of hydrogen-bond donors (Lipinski definition) is 2. The van der Waals surface area contributed by atoms with Gasteiger partial charge in [0.05, 0.1) is 19.3 Å². The number of carbonyl (C=O) groups excluding carboxylic acids is 1. The highest BCUT2D eigenvalue weighted by Gasteiger charge is 2.35. The molecule has 2 N–H and O–H groups in total. The molecule has 2 atom stereocenters. The van der Waals surface area contributed by atoms with Crippen molar-refractivity contribution >= 4 is 11.6 Å². The summed E-state index contributed by atoms with van der Waals surface area (Å²) < 4.78 is 5.27. The van der Waals surface area contributed by atoms with E-state index in [1.54, 1.807) is 7.11 Å². The number of hydrogen-bond acceptors (Lipinski definition) is 4. The largest absolute Gasteiger partial charge is 0.495 e. The number of methoxy groups -OCH3 is 1. The Bertz CT molecular complexity index is 522. The minimum absolute atomic E-state index is 0.0119. The minimum atomic E-state index is 0.0119. The number of anilines is 1. The van der Waals surface area contributed by atoms with Crippen molar-refractivity contribution in [2.24, 2.45) is 0 Å². The molecule has 5 nitrogen and oxygen atoms in total. The van der Waals surface area contributed by atoms with Crippen LogP contribution in [0.25, 0.3) is 0 Å². The molecule has 2 bridgehead atoms. The molecule has 0 aliphatic carbocycles. The molecule has 1 amide bonds. The second-order valence-corrected chi connectivity index (χ2v) is 6.43. The molecule has 2 unspecified atom stereocenters. The molecule has 2 fully saturated rings. The fraction of sp³-hybridized carbons (Fsp3) is 0.588. The summed E-state index contributed by atoms with van der Waals surface area (Å²) in [5.41, 5.74) is 0.730. The van der Waals surface area contributed by atoms with Gasteiger partial charge in [-0.3, -0.25) is 9.69 Å². The third kappa shape index (κ3) is 3.42. The Balaban J connectivity index is 1.55. The van der Waals surface area contributed by atoms with Gasteiger partial charge >= 0.3 is 0 Å². The molecule has 1 aromatic carbocycles. The number of ether oxygens (including phenoxy) is 1. The van der Waals surface area contributed by atoms with E-state index in [9.17, 15) is 4.79 Å². The SMILES string of the molecule is COc1ccccc1NC(=O)CN(C)C1CC2CCC(C1)N2. The molecule has 22 heavy (non-hydrogen) atoms. The van der Waals surface area contributed by atoms with Gasteiger partial charge in [-0.25, -0.2) is 0 Å². The number of rotatable bonds is 5. The van der Waals surface area contributed by atoms with Gasteiger partial charge in [-0.15, -0.1) is 0 Å². The highest BCUT2D eigenvalue weighted by atomic mass is 16.5. The standard InChI is InChI=1S/C17H25N3O2/c1-20(14-9-12-7-8-13(10-14)18-12)11-17(21)19-15-5-3-4-6-16(15)22-2/h3-6,12-14,18H,7-11H2,1-2H3,(H,19,21). The van der Waals surface area contributed by atoms with Gasteiger partial charge in [0.25, 0.3) is 0 Å². The third-order valence-corrected chi connectivity index (χ3v) is 4.85. The van der Waals surface area contributed by atoms with Crippen molar-refractivity contribution in [2.75, 3.05) is 26.0 Å². The average Bonchev–Trinajstić information content (AvgIpc) is 2.85. The fourth-order valence-corrected chi connectivity index (χ4v) is 3.68. The van der Waals surface area contributed by atoms with Crippen molar-refractivity contribution in [1.82, 2.24) is 10.2 Å². The van der Waals surface area contributed by atoms with Crippen molar-refractivity contribution in [3.63, 3.8) is 0 Å². The van der Waals surface area contributed by atoms with Crippen LogP contribution in [0.5, 0.6) is 5.75 Å². The molecule has 2 aliphatic rings. The molecule has 5 heteroatoms. The lowest BCUT2D eigenvalue weighted by Crippen LogP contribution is -2.48. The van der Waals surface area contributed by atoms with Crippen molar-refractivity contribution in [1.29, 1.82) is 0 Å². The van der Waals surface area contributed by atoms with Gasteiger partial charge in [-0.05, 0) is 44.9 Å². The Morgan fingerprint density at radius 1 is 1.32 bits per heavy atom. The van der Waals surface area contributed by atoms with Gasteiger partial charge < -0.3 is 15.4 Å². The Kier molecular flexibility index (Phi) is 4.64. The maximum atomic E-state index is 12.3. The predicted molar refractivity (Wildman–Crippen MR) is 87.2 cm³/mol. The van der Waals surface area contributed by atoms with Crippen LogP contribution in [-0.4, -0.2) is 49.6 Å². The van der Waals surface area contributed by atoms with E-state index in [1.807, 2.05) is 24.3 Å². The van der Waals surface area contributed by atoms with Crippen LogP contribution in [0.15, 0.2) is 24.3 Å². The van der Waals surface area contributed by atoms with Crippen molar-refractivity contribution in [3.05, 3.63) is 24.3 Å². The van der Waals surface area contributed by atoms with E-state index < -0.39 is 0 Å². The van der Waals surface area contributed by atoms with Crippen LogP contribution in [0.2, 0.25) is 0 Å². The summed E-state index contributed by atoms with van der Waals surface area (Å²) in [7, 11) is 3.67. The minimum Gasteiger partial charge on any atom is -0.495 e. The molecule has 1 aromatic rings. The van der Waals surface area contributed by atoms with Crippen LogP contribution in [0.4, 0.5) is 5.69 Å². The monoisotopic (exact) mass is 303 g/mol. The Hall–Kier alpha value is -1.59. The van der Waals surface area contributed by atoms with Gasteiger partial charge in [0.1, 0.15) is 5.75 Å². The topological polar surface area (TPSA) is 53.6 Å². The number of nitrogens with zero attached hydrogens (tertiary/aromatic N) is 1. The highest BCUT2D eigenvalue weighted by Crippen LogP contribution is 2.29. The molecule has 120 valence electrons. The first-order valence-corrected chi connectivity index (χ1v) is 8.05. The van der Waals surface area contributed by atoms with Gasteiger partial charge in [0.2, 0.25) is 5.91 Å². The molecule has 2 heterocycles. The summed E-state index contributed by atoms with van der Waals surface area (Å²) in [6.07, 6.45) is 4.86. The van der Waals surface area contributed by atoms with Crippen LogP contribution in [-0.2, 0) is 4.79 Å². The number of benzene rings is 1. The Labute approximate surface area is 132 Å². The number of piperidine rings is 1. The zero-order valence-corrected chi connectivity index (χ0v) is 13.3. The summed E-state index contributed by atoms with van der Waals surface area (Å²) in [5.74, 6) is 0.705. The van der Waals surface area contributed by atoms with Crippen molar-refractivity contribution in [2.45, 2.75) is 43.8 Å². The van der Waals surface area contributed by atoms with E-state index in [1.165, 1.54) is 12.8 Å². The molecule has 2 saturated heterocycles. The van der Waals surface area contributed by atoms with Gasteiger partial charge in [-0.1, -0.05) is 12.1 Å². The maximum Gasteiger partial charge on any atom is 0.238 e. The molecule has 0 aromatic heterocycles. The number of amides is 1. The lowest BCUT2D eigenvalue weighted by atomic mass is 9.98. The fourth-order valence-electron chi connectivity index (χ4n) is 3.68. The van der Waals surface area contributed by atoms with Gasteiger partial charge in [0, 0.05) is 18.1 Å². The number of nitrogens with one attached hydrogen (secondary N) is 2. The van der Waals surface area contributed by atoms with Crippen molar-refractivity contribution in [3.8, 4) is 5.75 Å². The first kappa shape index (κ1) is 15.3. The second kappa shape index (κ2) is 6.67. The normalized spacial score (nSPS) is 27.0. The highest BCUT2D eigenvalue weighted by molar-refractivity contribution is 5.93. The third-order valence-electron chi connectivity index (χ3n) is 4.85. The molecular formula is C17H25N3O2. The van der Waals surface area contributed by atoms with Crippen LogP contribution in [0.1, 0.15) is 25.7 Å². The van der Waals surface area contributed by atoms with Crippen molar-refractivity contribution < 1.29 is 9.53 Å². The lowest BCUT2D eigenvalue weighted by molar-refractivity contribution is -0.117. The summed E-state index contributed by atoms with van der Waals surface area (Å²) in [6.45, 7) is 0.419. The summed E-state index contributed by atoms with van der Waals surface area (Å²) in [5, 5.41) is 6.59. The maximum absolute atomic E-state index is 12.3. The lowest BCUT2D eigenvalue weighted by Gasteiger charge is -2.35. The van der Waals surface area contributed by atoms with E-state index in [4.69, 9.17) is 4.74 Å². The zero-order chi connectivity index (χ0) is 15.5. The van der Waals surface area contributed by atoms with E-state index in [2.05, 4.69) is 22.6 Å². The summed E-state index contributed by atoms with van der Waals surface area (Å²) in [4.78, 5) is 14.5. The first-order chi connectivity index (χ1) is 10.7. The van der Waals surface area contributed by atoms with Crippen LogP contribution >= 0.6 is 0 Å². The van der Waals surface area contributed by atoms with Gasteiger partial charge in [-0.2, -0.15) is 0 Å². The number of fused-ring (bicyclic) bond motifs is 2. The quantitative estimate of drug-likeness (QED) is 0.871. The van der Waals surface area contributed by atoms with E-state index in [0.717, 1.165) is 18.5 Å². The van der Waals surface area contributed by atoms with E-state index >= 15 is 0 Å². The molecule has 0 radical (unpaired) electrons. The molecular weight excluding hydrogens is 278 g/mol. The van der Waals surface area contributed by atoms with Crippen LogP contribution in [0, 0.1) is 0 Å². The summed E-state index contributed by atoms with van der Waals surface area (Å²) >= 11 is 0. The first-order valence-electron chi connectivity index (χ1n) is 8.05. The predicted octanol–water partition coefficient (Wildman–Crippen LogP) is 1.85. The molecule has 3 rings (SSSR count). The molecule has 0 saturated carbocycles. The number of carbonyl (C=O) groups is 1. The number of likely N-dealkylation sites (N-methyl/N-ethyl adjacent to an activating group) is 1. The molecule has 2 aliphatic heterocycles. The second-order valence-electron chi connectivity index (χ2n) is 6.43. The van der Waals surface area contributed by atoms with Crippen LogP contribution in [0.3, 0.4) is 0 Å². The smallest absolute Gasteiger partial charge is 0.238 e. The number of para-hydroxylation sites is 2. The zero-order valence-electron chi connectivity index (χ0n) is 13.3. The van der Waals surface area contributed by atoms with Gasteiger partial charge in [0.15, 0.2) is 0 Å². The summed E-state index contributed by atoms with van der Waals surface area (Å²) in [6, 6.07) is 9.29. The average molecular weight is 303 g/mol. The molecule has 0 spiro atoms. The Morgan fingerprint density at radius 3 is 2.68 bits per heavy atom. The van der Waals surface area contributed by atoms with Crippen LogP contribution < -0.4 is 15.4 Å². The van der Waals surface area contributed by atoms with E-state index in [-0.39, 0.29) is 5.91 Å². The Morgan fingerprint density at radius 2 is 2.00 bits per heavy atom.